The lowest BCUT2D eigenvalue weighted by Crippen LogP contribution is -2.39. The molecular weight excluding hydrogens is 292 g/mol. The number of esters is 1. The van der Waals surface area contributed by atoms with E-state index >= 15 is 0 Å². The van der Waals surface area contributed by atoms with Crippen molar-refractivity contribution in [2.45, 2.75) is 31.8 Å². The number of hydrogen-bond acceptors (Lipinski definition) is 5. The molecule has 2 rings (SSSR count). The number of hydrogen-bond donors (Lipinski definition) is 1. The zero-order valence-corrected chi connectivity index (χ0v) is 14.4. The van der Waals surface area contributed by atoms with Gasteiger partial charge in [0.15, 0.2) is 0 Å². The predicted molar refractivity (Wildman–Crippen MR) is 90.5 cm³/mol. The van der Waals surface area contributed by atoms with Crippen LogP contribution in [0.3, 0.4) is 0 Å². The lowest BCUT2D eigenvalue weighted by molar-refractivity contribution is -0.141. The summed E-state index contributed by atoms with van der Waals surface area (Å²) < 4.78 is 10.5. The molecule has 5 heteroatoms. The molecule has 1 aliphatic carbocycles. The van der Waals surface area contributed by atoms with E-state index in [4.69, 9.17) is 9.47 Å². The van der Waals surface area contributed by atoms with Gasteiger partial charge in [-0.15, -0.1) is 0 Å². The molecule has 0 amide bonds. The van der Waals surface area contributed by atoms with Crippen LogP contribution in [-0.2, 0) is 16.1 Å². The minimum absolute atomic E-state index is 0.0724. The maximum Gasteiger partial charge on any atom is 0.307 e. The van der Waals surface area contributed by atoms with E-state index < -0.39 is 0 Å². The predicted octanol–water partition coefficient (Wildman–Crippen LogP) is 2.06. The van der Waals surface area contributed by atoms with Gasteiger partial charge in [-0.05, 0) is 50.6 Å². The van der Waals surface area contributed by atoms with Crippen LogP contribution in [0.25, 0.3) is 0 Å². The molecule has 0 bridgehead atoms. The van der Waals surface area contributed by atoms with Crippen molar-refractivity contribution in [3.63, 3.8) is 0 Å². The molecule has 128 valence electrons. The number of ether oxygens (including phenoxy) is 2. The van der Waals surface area contributed by atoms with Gasteiger partial charge in [-0.2, -0.15) is 0 Å². The van der Waals surface area contributed by atoms with Gasteiger partial charge in [0, 0.05) is 19.1 Å². The molecule has 0 spiro atoms. The number of likely N-dealkylation sites (N-methyl/N-ethyl adjacent to an activating group) is 1. The number of carbonyl (C=O) groups is 1. The number of carbonyl (C=O) groups excluding carboxylic acids is 1. The van der Waals surface area contributed by atoms with Gasteiger partial charge in [-0.3, -0.25) is 4.79 Å². The fraction of sp³-hybridized carbons (Fsp3) is 0.611. The van der Waals surface area contributed by atoms with Crippen molar-refractivity contribution in [2.24, 2.45) is 5.92 Å². The van der Waals surface area contributed by atoms with E-state index in [0.29, 0.717) is 6.42 Å². The van der Waals surface area contributed by atoms with Crippen molar-refractivity contribution in [3.05, 3.63) is 29.8 Å². The van der Waals surface area contributed by atoms with Gasteiger partial charge in [-0.25, -0.2) is 0 Å². The van der Waals surface area contributed by atoms with Crippen LogP contribution in [-0.4, -0.2) is 51.3 Å². The SMILES string of the molecule is COC(=O)C[C@@H](CN(C)C)NCc1ccc(OCC2CC2)cc1. The molecule has 23 heavy (non-hydrogen) atoms. The van der Waals surface area contributed by atoms with Crippen LogP contribution in [0.2, 0.25) is 0 Å². The Morgan fingerprint density at radius 1 is 1.30 bits per heavy atom. The highest BCUT2D eigenvalue weighted by Gasteiger charge is 2.21. The van der Waals surface area contributed by atoms with Gasteiger partial charge in [0.1, 0.15) is 5.75 Å². The Balaban J connectivity index is 1.79. The third kappa shape index (κ3) is 7.01. The summed E-state index contributed by atoms with van der Waals surface area (Å²) in [6.45, 7) is 2.34. The summed E-state index contributed by atoms with van der Waals surface area (Å²) in [5.74, 6) is 1.51. The maximum absolute atomic E-state index is 11.5. The zero-order chi connectivity index (χ0) is 16.7. The van der Waals surface area contributed by atoms with Crippen LogP contribution < -0.4 is 10.1 Å². The van der Waals surface area contributed by atoms with E-state index in [9.17, 15) is 4.79 Å². The van der Waals surface area contributed by atoms with Crippen LogP contribution in [0.1, 0.15) is 24.8 Å². The number of methoxy groups -OCH3 is 1. The van der Waals surface area contributed by atoms with Crippen LogP contribution in [0.5, 0.6) is 5.75 Å². The van der Waals surface area contributed by atoms with Gasteiger partial charge in [0.25, 0.3) is 0 Å². The van der Waals surface area contributed by atoms with Gasteiger partial charge < -0.3 is 19.7 Å². The fourth-order valence-electron chi connectivity index (χ4n) is 2.39. The number of benzene rings is 1. The highest BCUT2D eigenvalue weighted by Crippen LogP contribution is 2.29. The molecule has 0 radical (unpaired) electrons. The first kappa shape index (κ1) is 17.8. The average Bonchev–Trinajstić information content (AvgIpc) is 3.35. The van der Waals surface area contributed by atoms with E-state index in [1.165, 1.54) is 25.5 Å². The molecule has 0 aromatic heterocycles. The number of nitrogens with zero attached hydrogens (tertiary/aromatic N) is 1. The zero-order valence-electron chi connectivity index (χ0n) is 14.4. The van der Waals surface area contributed by atoms with Crippen molar-refractivity contribution in [1.29, 1.82) is 0 Å². The van der Waals surface area contributed by atoms with Crippen molar-refractivity contribution >= 4 is 5.97 Å². The minimum Gasteiger partial charge on any atom is -0.493 e. The fourth-order valence-corrected chi connectivity index (χ4v) is 2.39. The van der Waals surface area contributed by atoms with Crippen molar-refractivity contribution < 1.29 is 14.3 Å². The Bertz CT molecular complexity index is 484. The normalized spacial score (nSPS) is 15.5. The van der Waals surface area contributed by atoms with Gasteiger partial charge >= 0.3 is 5.97 Å². The second-order valence-corrected chi connectivity index (χ2v) is 6.52. The maximum atomic E-state index is 11.5. The third-order valence-corrected chi connectivity index (χ3v) is 3.93. The summed E-state index contributed by atoms with van der Waals surface area (Å²) in [7, 11) is 5.42. The van der Waals surface area contributed by atoms with Crippen LogP contribution in [0.4, 0.5) is 0 Å². The largest absolute Gasteiger partial charge is 0.493 e. The van der Waals surface area contributed by atoms with Crippen LogP contribution >= 0.6 is 0 Å². The summed E-state index contributed by atoms with van der Waals surface area (Å²) >= 11 is 0. The lowest BCUT2D eigenvalue weighted by Gasteiger charge is -2.21. The number of nitrogens with one attached hydrogen (secondary N) is 1. The molecule has 0 saturated heterocycles. The van der Waals surface area contributed by atoms with Gasteiger partial charge in [0.2, 0.25) is 0 Å². The molecular formula is C18H28N2O3. The molecule has 1 saturated carbocycles. The molecule has 1 atom stereocenters. The summed E-state index contributed by atoms with van der Waals surface area (Å²) in [6, 6.07) is 8.24. The summed E-state index contributed by atoms with van der Waals surface area (Å²) in [5, 5.41) is 3.43. The van der Waals surface area contributed by atoms with E-state index in [2.05, 4.69) is 22.3 Å². The minimum atomic E-state index is -0.187. The Kier molecular flexibility index (Phi) is 6.86. The number of rotatable bonds is 10. The molecule has 5 nitrogen and oxygen atoms in total. The third-order valence-electron chi connectivity index (χ3n) is 3.93. The molecule has 1 fully saturated rings. The Morgan fingerprint density at radius 3 is 2.57 bits per heavy atom. The quantitative estimate of drug-likeness (QED) is 0.669. The monoisotopic (exact) mass is 320 g/mol. The van der Waals surface area contributed by atoms with E-state index in [-0.39, 0.29) is 12.0 Å². The lowest BCUT2D eigenvalue weighted by atomic mass is 10.1. The summed E-state index contributed by atoms with van der Waals surface area (Å²) in [4.78, 5) is 13.6. The molecule has 1 N–H and O–H groups in total. The van der Waals surface area contributed by atoms with Crippen molar-refractivity contribution in [2.75, 3.05) is 34.4 Å². The first-order valence-electron chi connectivity index (χ1n) is 8.23. The topological polar surface area (TPSA) is 50.8 Å². The van der Waals surface area contributed by atoms with E-state index in [0.717, 1.165) is 31.4 Å². The van der Waals surface area contributed by atoms with Gasteiger partial charge in [-0.1, -0.05) is 12.1 Å². The van der Waals surface area contributed by atoms with Crippen LogP contribution in [0.15, 0.2) is 24.3 Å². The second-order valence-electron chi connectivity index (χ2n) is 6.52. The Hall–Kier alpha value is -1.59. The smallest absolute Gasteiger partial charge is 0.307 e. The van der Waals surface area contributed by atoms with Gasteiger partial charge in [0.05, 0.1) is 20.1 Å². The van der Waals surface area contributed by atoms with Crippen molar-refractivity contribution in [3.8, 4) is 5.75 Å². The highest BCUT2D eigenvalue weighted by molar-refractivity contribution is 5.69. The first-order chi connectivity index (χ1) is 11.1. The Labute approximate surface area is 139 Å². The van der Waals surface area contributed by atoms with Crippen molar-refractivity contribution in [1.82, 2.24) is 10.2 Å². The highest BCUT2D eigenvalue weighted by atomic mass is 16.5. The van der Waals surface area contributed by atoms with Crippen LogP contribution in [0, 0.1) is 5.92 Å². The summed E-state index contributed by atoms with van der Waals surface area (Å²) in [5.41, 5.74) is 1.18. The first-order valence-corrected chi connectivity index (χ1v) is 8.23. The molecule has 0 aliphatic heterocycles. The summed E-state index contributed by atoms with van der Waals surface area (Å²) in [6.07, 6.45) is 2.97. The van der Waals surface area contributed by atoms with E-state index in [1.54, 1.807) is 0 Å². The second kappa shape index (κ2) is 8.89. The Morgan fingerprint density at radius 2 is 2.00 bits per heavy atom. The molecule has 0 heterocycles. The average molecular weight is 320 g/mol. The molecule has 1 aromatic rings. The molecule has 1 aliphatic rings. The molecule has 0 unspecified atom stereocenters. The van der Waals surface area contributed by atoms with E-state index in [1.807, 2.05) is 26.2 Å². The standard InChI is InChI=1S/C18H28N2O3/c1-20(2)12-16(10-18(21)22-3)19-11-14-6-8-17(9-7-14)23-13-15-4-5-15/h6-9,15-16,19H,4-5,10-13H2,1-3H3/t16-/m0/s1. The molecule has 1 aromatic carbocycles.